The monoisotopic (exact) mass is 237 g/mol. The topological polar surface area (TPSA) is 60.2 Å². The molecule has 1 aromatic heterocycles. The van der Waals surface area contributed by atoms with Crippen LogP contribution in [0.5, 0.6) is 0 Å². The third kappa shape index (κ3) is 4.11. The van der Waals surface area contributed by atoms with E-state index in [1.54, 1.807) is 6.07 Å². The predicted octanol–water partition coefficient (Wildman–Crippen LogP) is 1.94. The Bertz CT molecular complexity index is 396. The van der Waals surface area contributed by atoms with Crippen LogP contribution in [0, 0.1) is 5.92 Å². The Morgan fingerprint density at radius 1 is 1.57 bits per heavy atom. The van der Waals surface area contributed by atoms with Gasteiger partial charge in [-0.1, -0.05) is 19.0 Å². The van der Waals surface area contributed by atoms with E-state index < -0.39 is 9.05 Å². The summed E-state index contributed by atoms with van der Waals surface area (Å²) in [5, 5.41) is 3.62. The molecule has 0 unspecified atom stereocenters. The Morgan fingerprint density at radius 3 is 2.71 bits per heavy atom. The van der Waals surface area contributed by atoms with Gasteiger partial charge in [0, 0.05) is 23.2 Å². The number of hydrogen-bond acceptors (Lipinski definition) is 4. The number of aromatic nitrogens is 1. The molecule has 0 saturated heterocycles. The average molecular weight is 238 g/mol. The lowest BCUT2D eigenvalue weighted by Gasteiger charge is -1.96. The van der Waals surface area contributed by atoms with Crippen molar-refractivity contribution in [3.63, 3.8) is 0 Å². The van der Waals surface area contributed by atoms with Crippen molar-refractivity contribution in [3.8, 4) is 0 Å². The van der Waals surface area contributed by atoms with Crippen LogP contribution in [0.3, 0.4) is 0 Å². The number of halogens is 1. The van der Waals surface area contributed by atoms with E-state index in [2.05, 4.69) is 5.16 Å². The highest BCUT2D eigenvalue weighted by Gasteiger charge is 2.12. The van der Waals surface area contributed by atoms with Gasteiger partial charge in [-0.2, -0.15) is 0 Å². The molecular weight excluding hydrogens is 226 g/mol. The highest BCUT2D eigenvalue weighted by molar-refractivity contribution is 8.13. The van der Waals surface area contributed by atoms with Crippen molar-refractivity contribution in [1.82, 2.24) is 5.16 Å². The van der Waals surface area contributed by atoms with E-state index in [9.17, 15) is 8.42 Å². The summed E-state index contributed by atoms with van der Waals surface area (Å²) in [7, 11) is 1.53. The molecule has 1 rings (SSSR count). The highest BCUT2D eigenvalue weighted by Crippen LogP contribution is 2.13. The number of rotatable bonds is 4. The summed E-state index contributed by atoms with van der Waals surface area (Å²) in [6.45, 7) is 4.08. The second-order valence-corrected chi connectivity index (χ2v) is 6.34. The van der Waals surface area contributed by atoms with Crippen molar-refractivity contribution >= 4 is 19.7 Å². The smallest absolute Gasteiger partial charge is 0.238 e. The summed E-state index contributed by atoms with van der Waals surface area (Å²) in [4.78, 5) is 0. The lowest BCUT2D eigenvalue weighted by molar-refractivity contribution is 0.365. The van der Waals surface area contributed by atoms with Crippen LogP contribution < -0.4 is 0 Å². The molecule has 14 heavy (non-hydrogen) atoms. The quantitative estimate of drug-likeness (QED) is 0.751. The van der Waals surface area contributed by atoms with Gasteiger partial charge in [-0.15, -0.1) is 0 Å². The summed E-state index contributed by atoms with van der Waals surface area (Å²) in [6, 6.07) is 1.62. The molecule has 0 aromatic carbocycles. The van der Waals surface area contributed by atoms with Gasteiger partial charge in [-0.25, -0.2) is 8.42 Å². The lowest BCUT2D eigenvalue weighted by Crippen LogP contribution is -1.94. The minimum Gasteiger partial charge on any atom is -0.361 e. The highest BCUT2D eigenvalue weighted by atomic mass is 35.7. The van der Waals surface area contributed by atoms with E-state index in [0.29, 0.717) is 17.4 Å². The van der Waals surface area contributed by atoms with E-state index in [4.69, 9.17) is 15.2 Å². The molecule has 0 aliphatic carbocycles. The zero-order chi connectivity index (χ0) is 10.8. The predicted molar refractivity (Wildman–Crippen MR) is 53.5 cm³/mol. The minimum atomic E-state index is -3.54. The maximum atomic E-state index is 10.7. The molecule has 0 spiro atoms. The van der Waals surface area contributed by atoms with Crippen molar-refractivity contribution in [1.29, 1.82) is 0 Å². The molecule has 0 atom stereocenters. The second-order valence-electron chi connectivity index (χ2n) is 3.57. The van der Waals surface area contributed by atoms with E-state index in [1.807, 2.05) is 13.8 Å². The molecule has 0 aliphatic rings. The molecule has 1 heterocycles. The van der Waals surface area contributed by atoms with Gasteiger partial charge in [-0.3, -0.25) is 0 Å². The van der Waals surface area contributed by atoms with Crippen LogP contribution in [0.4, 0.5) is 0 Å². The maximum absolute atomic E-state index is 10.7. The molecule has 6 heteroatoms. The first-order valence-electron chi connectivity index (χ1n) is 4.23. The van der Waals surface area contributed by atoms with Crippen LogP contribution in [-0.4, -0.2) is 13.6 Å². The van der Waals surface area contributed by atoms with Crippen LogP contribution in [0.25, 0.3) is 0 Å². The first-order valence-corrected chi connectivity index (χ1v) is 6.71. The number of nitrogens with zero attached hydrogens (tertiary/aromatic N) is 1. The molecule has 0 radical (unpaired) electrons. The first kappa shape index (κ1) is 11.5. The molecule has 80 valence electrons. The van der Waals surface area contributed by atoms with Crippen LogP contribution in [-0.2, 0) is 21.2 Å². The van der Waals surface area contributed by atoms with Gasteiger partial charge in [0.1, 0.15) is 17.2 Å². The molecule has 0 N–H and O–H groups in total. The van der Waals surface area contributed by atoms with Crippen LogP contribution in [0.15, 0.2) is 10.6 Å². The Kier molecular flexibility index (Phi) is 3.55. The standard InChI is InChI=1S/C8H12ClNO3S/c1-6(2)3-8-4-7(10-13-8)5-14(9,11)12/h4,6H,3,5H2,1-2H3. The van der Waals surface area contributed by atoms with Gasteiger partial charge in [-0.05, 0) is 5.92 Å². The van der Waals surface area contributed by atoms with Crippen molar-refractivity contribution in [3.05, 3.63) is 17.5 Å². The van der Waals surface area contributed by atoms with Gasteiger partial charge in [0.15, 0.2) is 0 Å². The molecule has 0 bridgehead atoms. The van der Waals surface area contributed by atoms with Gasteiger partial charge < -0.3 is 4.52 Å². The summed E-state index contributed by atoms with van der Waals surface area (Å²) >= 11 is 0. The average Bonchev–Trinajstić information content (AvgIpc) is 2.30. The van der Waals surface area contributed by atoms with E-state index in [1.165, 1.54) is 0 Å². The lowest BCUT2D eigenvalue weighted by atomic mass is 10.1. The first-order chi connectivity index (χ1) is 6.37. The zero-order valence-electron chi connectivity index (χ0n) is 8.03. The normalized spacial score (nSPS) is 12.3. The van der Waals surface area contributed by atoms with Gasteiger partial charge in [0.05, 0.1) is 0 Å². The van der Waals surface area contributed by atoms with Crippen LogP contribution in [0.1, 0.15) is 25.3 Å². The van der Waals surface area contributed by atoms with Gasteiger partial charge in [0.25, 0.3) is 0 Å². The third-order valence-corrected chi connectivity index (χ3v) is 2.51. The van der Waals surface area contributed by atoms with Gasteiger partial charge >= 0.3 is 0 Å². The fourth-order valence-electron chi connectivity index (χ4n) is 1.10. The Morgan fingerprint density at radius 2 is 2.21 bits per heavy atom. The fourth-order valence-corrected chi connectivity index (χ4v) is 1.92. The summed E-state index contributed by atoms with van der Waals surface area (Å²) in [5.41, 5.74) is 0.357. The largest absolute Gasteiger partial charge is 0.361 e. The minimum absolute atomic E-state index is 0.282. The molecule has 0 saturated carbocycles. The zero-order valence-corrected chi connectivity index (χ0v) is 9.60. The number of hydrogen-bond donors (Lipinski definition) is 0. The van der Waals surface area contributed by atoms with Crippen molar-refractivity contribution in [2.75, 3.05) is 0 Å². The van der Waals surface area contributed by atoms with Crippen LogP contribution in [0.2, 0.25) is 0 Å². The Labute approximate surface area is 87.7 Å². The van der Waals surface area contributed by atoms with Crippen molar-refractivity contribution in [2.45, 2.75) is 26.0 Å². The Balaban J connectivity index is 2.69. The molecule has 0 aliphatic heterocycles. The molecule has 0 amide bonds. The molecule has 1 aromatic rings. The van der Waals surface area contributed by atoms with Crippen molar-refractivity contribution < 1.29 is 12.9 Å². The second kappa shape index (κ2) is 4.31. The summed E-state index contributed by atoms with van der Waals surface area (Å²) < 4.78 is 26.4. The summed E-state index contributed by atoms with van der Waals surface area (Å²) in [6.07, 6.45) is 0.745. The SMILES string of the molecule is CC(C)Cc1cc(CS(=O)(=O)Cl)no1. The van der Waals surface area contributed by atoms with Crippen LogP contribution >= 0.6 is 10.7 Å². The maximum Gasteiger partial charge on any atom is 0.238 e. The Hall–Kier alpha value is -0.550. The van der Waals surface area contributed by atoms with E-state index >= 15 is 0 Å². The molecule has 4 nitrogen and oxygen atoms in total. The van der Waals surface area contributed by atoms with Gasteiger partial charge in [0.2, 0.25) is 9.05 Å². The molecular formula is C8H12ClNO3S. The molecule has 0 fully saturated rings. The van der Waals surface area contributed by atoms with E-state index in [-0.39, 0.29) is 5.75 Å². The van der Waals surface area contributed by atoms with Crippen molar-refractivity contribution in [2.24, 2.45) is 5.92 Å². The van der Waals surface area contributed by atoms with E-state index in [0.717, 1.165) is 6.42 Å². The fraction of sp³-hybridized carbons (Fsp3) is 0.625. The summed E-state index contributed by atoms with van der Waals surface area (Å²) in [5.74, 6) is 0.856. The third-order valence-electron chi connectivity index (χ3n) is 1.54.